The summed E-state index contributed by atoms with van der Waals surface area (Å²) >= 11 is 1.08. The molecule has 3 rings (SSSR count). The molecule has 1 heterocycles. The van der Waals surface area contributed by atoms with Crippen molar-refractivity contribution >= 4 is 39.0 Å². The largest absolute Gasteiger partial charge is 0.451 e. The Kier molecular flexibility index (Phi) is 4.71. The van der Waals surface area contributed by atoms with E-state index in [0.29, 0.717) is 10.1 Å². The summed E-state index contributed by atoms with van der Waals surface area (Å²) < 4.78 is 45.5. The molecule has 0 fully saturated rings. The predicted octanol–water partition coefficient (Wildman–Crippen LogP) is 4.11. The van der Waals surface area contributed by atoms with Gasteiger partial charge in [0.25, 0.3) is 5.91 Å². The van der Waals surface area contributed by atoms with Gasteiger partial charge in [-0.2, -0.15) is 0 Å². The number of carbonyl (C=O) groups is 2. The highest BCUT2D eigenvalue weighted by molar-refractivity contribution is 7.20. The zero-order valence-corrected chi connectivity index (χ0v) is 13.3. The van der Waals surface area contributed by atoms with Crippen molar-refractivity contribution in [3.63, 3.8) is 0 Å². The molecule has 0 unspecified atom stereocenters. The Bertz CT molecular complexity index is 951. The fourth-order valence-corrected chi connectivity index (χ4v) is 3.05. The first-order valence-electron chi connectivity index (χ1n) is 7.04. The van der Waals surface area contributed by atoms with E-state index in [9.17, 15) is 22.8 Å². The number of esters is 1. The minimum atomic E-state index is -0.939. The molecule has 2 aromatic carbocycles. The topological polar surface area (TPSA) is 55.4 Å². The molecule has 0 spiro atoms. The number of fused-ring (bicyclic) bond motifs is 1. The highest BCUT2D eigenvalue weighted by atomic mass is 32.1. The Morgan fingerprint density at radius 1 is 1.04 bits per heavy atom. The van der Waals surface area contributed by atoms with Gasteiger partial charge in [-0.25, -0.2) is 18.0 Å². The quantitative estimate of drug-likeness (QED) is 0.708. The first kappa shape index (κ1) is 17.0. The Labute approximate surface area is 143 Å². The van der Waals surface area contributed by atoms with E-state index in [-0.39, 0.29) is 4.88 Å². The number of halogens is 3. The first-order valence-corrected chi connectivity index (χ1v) is 7.86. The van der Waals surface area contributed by atoms with Crippen LogP contribution >= 0.6 is 11.3 Å². The maximum absolute atomic E-state index is 13.4. The summed E-state index contributed by atoms with van der Waals surface area (Å²) in [5.74, 6) is -3.98. The van der Waals surface area contributed by atoms with Crippen LogP contribution in [-0.4, -0.2) is 18.5 Å². The van der Waals surface area contributed by atoms with Gasteiger partial charge in [0, 0.05) is 4.70 Å². The van der Waals surface area contributed by atoms with Crippen LogP contribution in [0, 0.1) is 17.5 Å². The number of amides is 1. The van der Waals surface area contributed by atoms with Gasteiger partial charge in [-0.3, -0.25) is 4.79 Å². The molecule has 0 aliphatic rings. The molecule has 0 aliphatic carbocycles. The number of carbonyl (C=O) groups excluding carboxylic acids is 2. The monoisotopic (exact) mass is 365 g/mol. The number of hydrogen-bond donors (Lipinski definition) is 1. The number of ether oxygens (including phenoxy) is 1. The summed E-state index contributed by atoms with van der Waals surface area (Å²) in [6.07, 6.45) is 0. The van der Waals surface area contributed by atoms with E-state index in [1.54, 1.807) is 0 Å². The van der Waals surface area contributed by atoms with Gasteiger partial charge in [-0.1, -0.05) is 6.07 Å². The molecule has 0 saturated heterocycles. The molecule has 1 amide bonds. The Morgan fingerprint density at radius 3 is 2.48 bits per heavy atom. The number of nitrogens with one attached hydrogen (secondary N) is 1. The van der Waals surface area contributed by atoms with Gasteiger partial charge in [0.1, 0.15) is 28.0 Å². The molecule has 0 saturated carbocycles. The fraction of sp³-hybridized carbons (Fsp3) is 0.0588. The number of anilines is 1. The molecule has 8 heteroatoms. The summed E-state index contributed by atoms with van der Waals surface area (Å²) in [6, 6.07) is 8.65. The van der Waals surface area contributed by atoms with Crippen LogP contribution in [0.1, 0.15) is 9.67 Å². The number of thiophene rings is 1. The third-order valence-electron chi connectivity index (χ3n) is 3.24. The predicted molar refractivity (Wildman–Crippen MR) is 87.1 cm³/mol. The molecule has 0 bridgehead atoms. The SMILES string of the molecule is O=C(COC(=O)c1cc2cc(F)ccc2s1)Nc1c(F)cccc1F. The number of para-hydroxylation sites is 1. The Balaban J connectivity index is 1.64. The second-order valence-electron chi connectivity index (χ2n) is 5.01. The second-order valence-corrected chi connectivity index (χ2v) is 6.10. The van der Waals surface area contributed by atoms with Crippen molar-refractivity contribution in [1.29, 1.82) is 0 Å². The molecule has 25 heavy (non-hydrogen) atoms. The lowest BCUT2D eigenvalue weighted by Crippen LogP contribution is -2.21. The van der Waals surface area contributed by atoms with E-state index in [2.05, 4.69) is 0 Å². The Hall–Kier alpha value is -2.87. The standard InChI is InChI=1S/C17H10F3NO3S/c18-10-4-5-13-9(6-10)7-14(25-13)17(23)24-8-15(22)21-16-11(19)2-1-3-12(16)20/h1-7H,8H2,(H,21,22). The van der Waals surface area contributed by atoms with Gasteiger partial charge in [0.05, 0.1) is 0 Å². The van der Waals surface area contributed by atoms with Crippen LogP contribution in [0.5, 0.6) is 0 Å². The lowest BCUT2D eigenvalue weighted by molar-refractivity contribution is -0.119. The highest BCUT2D eigenvalue weighted by Crippen LogP contribution is 2.26. The molecular weight excluding hydrogens is 355 g/mol. The summed E-state index contributed by atoms with van der Waals surface area (Å²) in [5, 5.41) is 2.54. The number of hydrogen-bond acceptors (Lipinski definition) is 4. The van der Waals surface area contributed by atoms with Gasteiger partial charge in [0.15, 0.2) is 6.61 Å². The molecule has 128 valence electrons. The maximum Gasteiger partial charge on any atom is 0.348 e. The van der Waals surface area contributed by atoms with Crippen molar-refractivity contribution in [2.24, 2.45) is 0 Å². The zero-order chi connectivity index (χ0) is 18.0. The first-order chi connectivity index (χ1) is 11.9. The van der Waals surface area contributed by atoms with E-state index >= 15 is 0 Å². The van der Waals surface area contributed by atoms with Crippen LogP contribution in [0.2, 0.25) is 0 Å². The lowest BCUT2D eigenvalue weighted by atomic mass is 10.2. The van der Waals surface area contributed by atoms with Gasteiger partial charge >= 0.3 is 5.97 Å². The van der Waals surface area contributed by atoms with E-state index in [4.69, 9.17) is 4.74 Å². The van der Waals surface area contributed by atoms with Gasteiger partial charge in [-0.15, -0.1) is 11.3 Å². The fourth-order valence-electron chi connectivity index (χ4n) is 2.11. The third-order valence-corrected chi connectivity index (χ3v) is 4.34. The minimum Gasteiger partial charge on any atom is -0.451 e. The average Bonchev–Trinajstić information content (AvgIpc) is 2.99. The molecule has 4 nitrogen and oxygen atoms in total. The maximum atomic E-state index is 13.4. The van der Waals surface area contributed by atoms with Crippen LogP contribution in [-0.2, 0) is 9.53 Å². The lowest BCUT2D eigenvalue weighted by Gasteiger charge is -2.07. The molecule has 3 aromatic rings. The van der Waals surface area contributed by atoms with Crippen LogP contribution < -0.4 is 5.32 Å². The summed E-state index contributed by atoms with van der Waals surface area (Å²) in [5.41, 5.74) is -0.610. The van der Waals surface area contributed by atoms with Crippen LogP contribution in [0.15, 0.2) is 42.5 Å². The van der Waals surface area contributed by atoms with E-state index in [1.165, 1.54) is 24.3 Å². The summed E-state index contributed by atoms with van der Waals surface area (Å²) in [4.78, 5) is 23.8. The van der Waals surface area contributed by atoms with Crippen molar-refractivity contribution < 1.29 is 27.5 Å². The van der Waals surface area contributed by atoms with Gasteiger partial charge < -0.3 is 10.1 Å². The normalized spacial score (nSPS) is 10.7. The van der Waals surface area contributed by atoms with Gasteiger partial charge in [0.2, 0.25) is 0 Å². The smallest absolute Gasteiger partial charge is 0.348 e. The molecule has 0 aliphatic heterocycles. The van der Waals surface area contributed by atoms with Crippen molar-refractivity contribution in [2.75, 3.05) is 11.9 Å². The molecular formula is C17H10F3NO3S. The average molecular weight is 365 g/mol. The van der Waals surface area contributed by atoms with Crippen molar-refractivity contribution in [3.05, 3.63) is 64.8 Å². The summed E-state index contributed by atoms with van der Waals surface area (Å²) in [6.45, 7) is -0.713. The third kappa shape index (κ3) is 3.80. The van der Waals surface area contributed by atoms with Crippen molar-refractivity contribution in [1.82, 2.24) is 0 Å². The second kappa shape index (κ2) is 6.94. The molecule has 0 atom stereocenters. The van der Waals surface area contributed by atoms with Crippen LogP contribution in [0.25, 0.3) is 10.1 Å². The molecule has 0 radical (unpaired) electrons. The van der Waals surface area contributed by atoms with Crippen molar-refractivity contribution in [3.8, 4) is 0 Å². The molecule has 1 aromatic heterocycles. The minimum absolute atomic E-state index is 0.186. The molecule has 1 N–H and O–H groups in total. The van der Waals surface area contributed by atoms with Crippen molar-refractivity contribution in [2.45, 2.75) is 0 Å². The van der Waals surface area contributed by atoms with Crippen LogP contribution in [0.4, 0.5) is 18.9 Å². The van der Waals surface area contributed by atoms with E-state index in [1.807, 2.05) is 5.32 Å². The Morgan fingerprint density at radius 2 is 1.76 bits per heavy atom. The highest BCUT2D eigenvalue weighted by Gasteiger charge is 2.16. The van der Waals surface area contributed by atoms with E-state index < -0.39 is 41.6 Å². The van der Waals surface area contributed by atoms with Gasteiger partial charge in [-0.05, 0) is 41.8 Å². The van der Waals surface area contributed by atoms with E-state index in [0.717, 1.165) is 29.5 Å². The number of benzene rings is 2. The van der Waals surface area contributed by atoms with Crippen LogP contribution in [0.3, 0.4) is 0 Å². The number of rotatable bonds is 4. The summed E-state index contributed by atoms with van der Waals surface area (Å²) in [7, 11) is 0. The zero-order valence-electron chi connectivity index (χ0n) is 12.5.